The maximum Gasteiger partial charge on any atom is 0.130 e. The van der Waals surface area contributed by atoms with Crippen molar-refractivity contribution in [2.45, 2.75) is 6.92 Å². The van der Waals surface area contributed by atoms with Gasteiger partial charge >= 0.3 is 0 Å². The molecule has 0 radical (unpaired) electrons. The van der Waals surface area contributed by atoms with Gasteiger partial charge in [-0.1, -0.05) is 18.7 Å². The van der Waals surface area contributed by atoms with Crippen molar-refractivity contribution in [1.82, 2.24) is 4.98 Å². The van der Waals surface area contributed by atoms with Gasteiger partial charge in [-0.2, -0.15) is 5.26 Å². The van der Waals surface area contributed by atoms with E-state index in [-0.39, 0.29) is 0 Å². The highest BCUT2D eigenvalue weighted by Crippen LogP contribution is 1.85. The van der Waals surface area contributed by atoms with Crippen LogP contribution in [0.1, 0.15) is 5.69 Å². The second-order valence-electron chi connectivity index (χ2n) is 1.57. The highest BCUT2D eigenvalue weighted by atomic mass is 32.1. The van der Waals surface area contributed by atoms with Crippen molar-refractivity contribution < 1.29 is 0 Å². The van der Waals surface area contributed by atoms with Crippen molar-refractivity contribution in [3.63, 3.8) is 0 Å². The summed E-state index contributed by atoms with van der Waals surface area (Å²) < 4.78 is 0. The molecule has 52 valence electrons. The Morgan fingerprint density at radius 1 is 1.60 bits per heavy atom. The van der Waals surface area contributed by atoms with Crippen molar-refractivity contribution in [2.75, 3.05) is 0 Å². The minimum atomic E-state index is 1.07. The molecule has 0 aliphatic carbocycles. The molecule has 1 aromatic heterocycles. The Morgan fingerprint density at radius 3 is 2.40 bits per heavy atom. The second kappa shape index (κ2) is 6.12. The number of thiocyanates is 1. The first kappa shape index (κ1) is 8.99. The third-order valence-corrected chi connectivity index (χ3v) is 0.813. The van der Waals surface area contributed by atoms with Crippen LogP contribution in [0.25, 0.3) is 0 Å². The van der Waals surface area contributed by atoms with E-state index in [1.54, 1.807) is 6.20 Å². The first-order valence-corrected chi connectivity index (χ1v) is 3.16. The summed E-state index contributed by atoms with van der Waals surface area (Å²) in [6, 6.07) is 5.86. The van der Waals surface area contributed by atoms with Gasteiger partial charge < -0.3 is 0 Å². The fourth-order valence-corrected chi connectivity index (χ4v) is 0.448. The Morgan fingerprint density at radius 2 is 2.20 bits per heavy atom. The minimum absolute atomic E-state index is 1.07. The first-order valence-electron chi connectivity index (χ1n) is 2.72. The smallest absolute Gasteiger partial charge is 0.130 e. The van der Waals surface area contributed by atoms with Crippen LogP contribution < -0.4 is 0 Å². The number of hydrogen-bond donors (Lipinski definition) is 1. The Hall–Kier alpha value is -1.01. The molecule has 2 nitrogen and oxygen atoms in total. The number of pyridine rings is 1. The van der Waals surface area contributed by atoms with Gasteiger partial charge in [0.05, 0.1) is 0 Å². The van der Waals surface area contributed by atoms with Gasteiger partial charge in [0.15, 0.2) is 0 Å². The van der Waals surface area contributed by atoms with E-state index in [9.17, 15) is 0 Å². The van der Waals surface area contributed by atoms with Gasteiger partial charge in [-0.05, 0) is 19.1 Å². The fraction of sp³-hybridized carbons (Fsp3) is 0.143. The maximum absolute atomic E-state index is 7.18. The lowest BCUT2D eigenvalue weighted by Crippen LogP contribution is -1.72. The molecule has 3 heteroatoms. The first-order chi connectivity index (χ1) is 4.81. The van der Waals surface area contributed by atoms with E-state index in [1.807, 2.05) is 25.1 Å². The van der Waals surface area contributed by atoms with Gasteiger partial charge in [-0.3, -0.25) is 4.98 Å². The zero-order valence-corrected chi connectivity index (χ0v) is 6.55. The standard InChI is InChI=1S/C6H7N.CHNS/c1-6-4-2-3-5-7-6;2-1-3/h2-5H,1H3;3H. The third kappa shape index (κ3) is 5.13. The summed E-state index contributed by atoms with van der Waals surface area (Å²) in [5, 5.41) is 8.63. The minimum Gasteiger partial charge on any atom is -0.262 e. The van der Waals surface area contributed by atoms with Crippen LogP contribution in [0.3, 0.4) is 0 Å². The average molecular weight is 152 g/mol. The lowest BCUT2D eigenvalue weighted by Gasteiger charge is -1.82. The largest absolute Gasteiger partial charge is 0.262 e. The number of rotatable bonds is 0. The van der Waals surface area contributed by atoms with E-state index in [0.717, 1.165) is 5.69 Å². The van der Waals surface area contributed by atoms with Crippen LogP contribution >= 0.6 is 12.6 Å². The van der Waals surface area contributed by atoms with Gasteiger partial charge in [-0.15, -0.1) is 0 Å². The van der Waals surface area contributed by atoms with Gasteiger partial charge in [0, 0.05) is 11.9 Å². The van der Waals surface area contributed by atoms with E-state index < -0.39 is 0 Å². The molecule has 0 unspecified atom stereocenters. The van der Waals surface area contributed by atoms with Crippen LogP contribution in [-0.2, 0) is 0 Å². The van der Waals surface area contributed by atoms with Crippen molar-refractivity contribution in [3.8, 4) is 5.40 Å². The summed E-state index contributed by atoms with van der Waals surface area (Å²) in [6.45, 7) is 1.97. The van der Waals surface area contributed by atoms with Crippen LogP contribution in [0.2, 0.25) is 0 Å². The molecule has 0 aliphatic heterocycles. The molecule has 1 rings (SSSR count). The molecule has 0 N–H and O–H groups in total. The predicted octanol–water partition coefficient (Wildman–Crippen LogP) is 1.79. The van der Waals surface area contributed by atoms with E-state index in [4.69, 9.17) is 5.26 Å². The highest BCUT2D eigenvalue weighted by molar-refractivity contribution is 7.85. The lowest BCUT2D eigenvalue weighted by atomic mass is 10.4. The highest BCUT2D eigenvalue weighted by Gasteiger charge is 1.73. The number of nitriles is 1. The molecule has 0 aromatic carbocycles. The molecule has 0 spiro atoms. The third-order valence-electron chi connectivity index (χ3n) is 0.813. The maximum atomic E-state index is 7.18. The van der Waals surface area contributed by atoms with Gasteiger partial charge in [0.1, 0.15) is 5.40 Å². The molecule has 10 heavy (non-hydrogen) atoms. The average Bonchev–Trinajstić information content (AvgIpc) is 1.91. The monoisotopic (exact) mass is 152 g/mol. The molecule has 0 bridgehead atoms. The van der Waals surface area contributed by atoms with Gasteiger partial charge in [-0.25, -0.2) is 0 Å². The molecule has 0 saturated carbocycles. The van der Waals surface area contributed by atoms with Crippen LogP contribution in [0.15, 0.2) is 24.4 Å². The van der Waals surface area contributed by atoms with Crippen LogP contribution in [0, 0.1) is 17.6 Å². The van der Waals surface area contributed by atoms with E-state index in [2.05, 4.69) is 17.6 Å². The molecule has 1 heterocycles. The predicted molar refractivity (Wildman–Crippen MR) is 43.6 cm³/mol. The molecule has 0 saturated heterocycles. The quantitative estimate of drug-likeness (QED) is 0.454. The Bertz CT molecular complexity index is 203. The summed E-state index contributed by atoms with van der Waals surface area (Å²) in [6.07, 6.45) is 1.79. The van der Waals surface area contributed by atoms with Gasteiger partial charge in [0.25, 0.3) is 0 Å². The summed E-state index contributed by atoms with van der Waals surface area (Å²) in [5.41, 5.74) is 1.07. The second-order valence-corrected chi connectivity index (χ2v) is 1.77. The SMILES string of the molecule is Cc1ccccn1.N#CS. The Balaban J connectivity index is 0.000000236. The molecule has 1 aromatic rings. The zero-order valence-electron chi connectivity index (χ0n) is 5.65. The zero-order chi connectivity index (χ0) is 7.82. The van der Waals surface area contributed by atoms with Crippen molar-refractivity contribution in [2.24, 2.45) is 0 Å². The van der Waals surface area contributed by atoms with E-state index in [0.29, 0.717) is 0 Å². The van der Waals surface area contributed by atoms with Crippen molar-refractivity contribution in [3.05, 3.63) is 30.1 Å². The van der Waals surface area contributed by atoms with Crippen LogP contribution in [-0.4, -0.2) is 4.98 Å². The molecule has 0 atom stereocenters. The van der Waals surface area contributed by atoms with E-state index in [1.165, 1.54) is 5.40 Å². The number of aromatic nitrogens is 1. The number of thiol groups is 1. The number of nitrogens with zero attached hydrogens (tertiary/aromatic N) is 2. The molecule has 0 amide bonds. The molecular weight excluding hydrogens is 144 g/mol. The summed E-state index contributed by atoms with van der Waals surface area (Å²) >= 11 is 3.09. The normalized spacial score (nSPS) is 6.90. The summed E-state index contributed by atoms with van der Waals surface area (Å²) in [4.78, 5) is 3.98. The topological polar surface area (TPSA) is 36.7 Å². The Kier molecular flexibility index (Phi) is 5.50. The van der Waals surface area contributed by atoms with E-state index >= 15 is 0 Å². The lowest BCUT2D eigenvalue weighted by molar-refractivity contribution is 1.20. The van der Waals surface area contributed by atoms with Crippen LogP contribution in [0.4, 0.5) is 0 Å². The number of aryl methyl sites for hydroxylation is 1. The number of hydrogen-bond acceptors (Lipinski definition) is 3. The molecule has 0 fully saturated rings. The molecule has 0 aliphatic rings. The Labute approximate surface area is 65.9 Å². The molecular formula is C7H8N2S. The fourth-order valence-electron chi connectivity index (χ4n) is 0.448. The summed E-state index contributed by atoms with van der Waals surface area (Å²) in [5.74, 6) is 0. The summed E-state index contributed by atoms with van der Waals surface area (Å²) in [7, 11) is 0. The van der Waals surface area contributed by atoms with Crippen molar-refractivity contribution >= 4 is 12.6 Å². The van der Waals surface area contributed by atoms with Crippen LogP contribution in [0.5, 0.6) is 0 Å². The van der Waals surface area contributed by atoms with Crippen molar-refractivity contribution in [1.29, 1.82) is 5.26 Å². The van der Waals surface area contributed by atoms with Gasteiger partial charge in [0.2, 0.25) is 0 Å².